The van der Waals surface area contributed by atoms with Crippen molar-refractivity contribution in [2.75, 3.05) is 0 Å². The molecule has 6 nitrogen and oxygen atoms in total. The number of hydrogen-bond acceptors (Lipinski definition) is 5. The van der Waals surface area contributed by atoms with Gasteiger partial charge in [0.25, 0.3) is 0 Å². The summed E-state index contributed by atoms with van der Waals surface area (Å²) < 4.78 is 22.4. The first-order valence-electron chi connectivity index (χ1n) is 7.26. The first-order valence-corrected chi connectivity index (χ1v) is 9.69. The molecule has 1 heterocycles. The molecule has 0 bridgehead atoms. The third-order valence-corrected chi connectivity index (χ3v) is 5.30. The van der Waals surface area contributed by atoms with Crippen molar-refractivity contribution >= 4 is 33.1 Å². The van der Waals surface area contributed by atoms with E-state index in [1.54, 1.807) is 31.2 Å². The number of rotatable bonds is 7. The zero-order valence-electron chi connectivity index (χ0n) is 13.1. The number of benzene rings is 1. The Bertz CT molecular complexity index is 812. The largest absolute Gasteiger partial charge is 0.350 e. The molecule has 0 saturated carbocycles. The molecule has 3 N–H and O–H groups in total. The number of ketones is 1. The minimum Gasteiger partial charge on any atom is -0.350 e. The fourth-order valence-electron chi connectivity index (χ4n) is 2.13. The van der Waals surface area contributed by atoms with Gasteiger partial charge < -0.3 is 5.32 Å². The molecule has 2 rings (SSSR count). The maximum Gasteiger partial charge on any atom is 0.238 e. The molecule has 0 aliphatic heterocycles. The van der Waals surface area contributed by atoms with Crippen LogP contribution in [0.15, 0.2) is 46.7 Å². The van der Waals surface area contributed by atoms with Gasteiger partial charge in [-0.25, -0.2) is 13.6 Å². The van der Waals surface area contributed by atoms with Gasteiger partial charge in [-0.15, -0.1) is 11.3 Å². The van der Waals surface area contributed by atoms with Crippen molar-refractivity contribution in [2.45, 2.75) is 30.7 Å². The van der Waals surface area contributed by atoms with Crippen LogP contribution in [-0.4, -0.2) is 20.1 Å². The average molecular weight is 366 g/mol. The van der Waals surface area contributed by atoms with E-state index in [0.717, 1.165) is 5.56 Å². The lowest BCUT2D eigenvalue weighted by Gasteiger charge is -2.14. The molecule has 8 heteroatoms. The topological polar surface area (TPSA) is 106 Å². The highest BCUT2D eigenvalue weighted by Crippen LogP contribution is 2.16. The van der Waals surface area contributed by atoms with Crippen LogP contribution in [0.4, 0.5) is 0 Å². The quantitative estimate of drug-likeness (QED) is 0.733. The average Bonchev–Trinajstić information content (AvgIpc) is 3.06. The summed E-state index contributed by atoms with van der Waals surface area (Å²) in [5.74, 6) is -0.284. The van der Waals surface area contributed by atoms with Gasteiger partial charge in [0.15, 0.2) is 5.78 Å². The molecule has 0 aliphatic rings. The first-order chi connectivity index (χ1) is 11.3. The minimum absolute atomic E-state index is 0.0197. The third kappa shape index (κ3) is 4.98. The molecule has 0 radical (unpaired) electrons. The second-order valence-electron chi connectivity index (χ2n) is 5.30. The summed E-state index contributed by atoms with van der Waals surface area (Å²) in [6, 6.07) is 9.22. The lowest BCUT2D eigenvalue weighted by molar-refractivity contribution is -0.121. The van der Waals surface area contributed by atoms with Crippen LogP contribution in [0.5, 0.6) is 0 Å². The summed E-state index contributed by atoms with van der Waals surface area (Å²) in [6.45, 7) is 1.78. The molecule has 1 aromatic heterocycles. The highest BCUT2D eigenvalue weighted by molar-refractivity contribution is 7.89. The Morgan fingerprint density at radius 1 is 1.17 bits per heavy atom. The predicted octanol–water partition coefficient (Wildman–Crippen LogP) is 2.24. The zero-order valence-corrected chi connectivity index (χ0v) is 14.7. The van der Waals surface area contributed by atoms with Gasteiger partial charge in [0.2, 0.25) is 15.9 Å². The van der Waals surface area contributed by atoms with Crippen molar-refractivity contribution in [3.05, 3.63) is 52.2 Å². The van der Waals surface area contributed by atoms with Crippen LogP contribution in [0.2, 0.25) is 0 Å². The number of sulfonamides is 1. The molecule has 1 amide bonds. The molecule has 2 aromatic rings. The summed E-state index contributed by atoms with van der Waals surface area (Å²) in [4.78, 5) is 24.5. The van der Waals surface area contributed by atoms with E-state index in [2.05, 4.69) is 5.32 Å². The van der Waals surface area contributed by atoms with Crippen LogP contribution in [0.1, 0.15) is 41.0 Å². The lowest BCUT2D eigenvalue weighted by atomic mass is 10.1. The van der Waals surface area contributed by atoms with Gasteiger partial charge in [-0.2, -0.15) is 0 Å². The van der Waals surface area contributed by atoms with Gasteiger partial charge in [-0.3, -0.25) is 9.59 Å². The van der Waals surface area contributed by atoms with Gasteiger partial charge in [0, 0.05) is 12.8 Å². The summed E-state index contributed by atoms with van der Waals surface area (Å²) >= 11 is 1.36. The van der Waals surface area contributed by atoms with Crippen molar-refractivity contribution in [3.63, 3.8) is 0 Å². The molecule has 1 atom stereocenters. The second kappa shape index (κ2) is 7.69. The molecule has 24 heavy (non-hydrogen) atoms. The Morgan fingerprint density at radius 3 is 2.38 bits per heavy atom. The van der Waals surface area contributed by atoms with Gasteiger partial charge in [0.05, 0.1) is 15.8 Å². The van der Waals surface area contributed by atoms with Crippen molar-refractivity contribution in [2.24, 2.45) is 5.14 Å². The molecule has 0 saturated heterocycles. The summed E-state index contributed by atoms with van der Waals surface area (Å²) in [5, 5.41) is 9.65. The fourth-order valence-corrected chi connectivity index (χ4v) is 3.34. The standard InChI is InChI=1S/C16H18N2O4S2/c1-11(12-4-6-13(7-5-12)24(17,21)22)18-16(20)9-8-14(19)15-3-2-10-23-15/h2-7,10-11H,8-9H2,1H3,(H,18,20)(H2,17,21,22)/t11-/m1/s1. The Labute approximate surface area is 144 Å². The highest BCUT2D eigenvalue weighted by Gasteiger charge is 2.14. The van der Waals surface area contributed by atoms with Crippen LogP contribution in [0.3, 0.4) is 0 Å². The highest BCUT2D eigenvalue weighted by atomic mass is 32.2. The summed E-state index contributed by atoms with van der Waals surface area (Å²) in [7, 11) is -3.73. The lowest BCUT2D eigenvalue weighted by Crippen LogP contribution is -2.27. The van der Waals surface area contributed by atoms with E-state index < -0.39 is 10.0 Å². The van der Waals surface area contributed by atoms with Crippen molar-refractivity contribution < 1.29 is 18.0 Å². The van der Waals surface area contributed by atoms with Gasteiger partial charge in [0.1, 0.15) is 0 Å². The summed E-state index contributed by atoms with van der Waals surface area (Å²) in [5.41, 5.74) is 0.750. The molecule has 0 fully saturated rings. The van der Waals surface area contributed by atoms with Crippen LogP contribution in [0.25, 0.3) is 0 Å². The molecular formula is C16H18N2O4S2. The number of primary sulfonamides is 1. The van der Waals surface area contributed by atoms with Crippen molar-refractivity contribution in [3.8, 4) is 0 Å². The monoisotopic (exact) mass is 366 g/mol. The Hall–Kier alpha value is -2.03. The number of carbonyl (C=O) groups is 2. The van der Waals surface area contributed by atoms with Crippen LogP contribution < -0.4 is 10.5 Å². The van der Waals surface area contributed by atoms with Gasteiger partial charge in [-0.05, 0) is 36.1 Å². The Kier molecular flexibility index (Phi) is 5.87. The fraction of sp³-hybridized carbons (Fsp3) is 0.250. The van der Waals surface area contributed by atoms with E-state index in [0.29, 0.717) is 4.88 Å². The maximum atomic E-state index is 12.0. The van der Waals surface area contributed by atoms with E-state index in [4.69, 9.17) is 5.14 Å². The third-order valence-electron chi connectivity index (χ3n) is 3.46. The Morgan fingerprint density at radius 2 is 1.83 bits per heavy atom. The van der Waals surface area contributed by atoms with Gasteiger partial charge >= 0.3 is 0 Å². The zero-order chi connectivity index (χ0) is 17.7. The molecule has 0 aliphatic carbocycles. The first kappa shape index (κ1) is 18.3. The number of amides is 1. The number of nitrogens with two attached hydrogens (primary N) is 1. The van der Waals surface area contributed by atoms with E-state index in [-0.39, 0.29) is 35.5 Å². The predicted molar refractivity (Wildman–Crippen MR) is 92.3 cm³/mol. The number of thiophene rings is 1. The van der Waals surface area contributed by atoms with Crippen molar-refractivity contribution in [1.82, 2.24) is 5.32 Å². The molecule has 1 aromatic carbocycles. The maximum absolute atomic E-state index is 12.0. The Balaban J connectivity index is 1.88. The number of Topliss-reactive ketones (excluding diaryl/α,β-unsaturated/α-hetero) is 1. The smallest absolute Gasteiger partial charge is 0.238 e. The van der Waals surface area contributed by atoms with Gasteiger partial charge in [-0.1, -0.05) is 18.2 Å². The van der Waals surface area contributed by atoms with E-state index in [1.165, 1.54) is 23.5 Å². The minimum atomic E-state index is -3.73. The van der Waals surface area contributed by atoms with Crippen LogP contribution in [-0.2, 0) is 14.8 Å². The van der Waals surface area contributed by atoms with Crippen LogP contribution in [0, 0.1) is 0 Å². The molecule has 0 unspecified atom stereocenters. The second-order valence-corrected chi connectivity index (χ2v) is 7.81. The summed E-state index contributed by atoms with van der Waals surface area (Å²) in [6.07, 6.45) is 0.264. The SMILES string of the molecule is C[C@@H](NC(=O)CCC(=O)c1cccs1)c1ccc(S(N)(=O)=O)cc1. The number of hydrogen-bond donors (Lipinski definition) is 2. The molecule has 0 spiro atoms. The molecular weight excluding hydrogens is 348 g/mol. The number of carbonyl (C=O) groups excluding carboxylic acids is 2. The van der Waals surface area contributed by atoms with E-state index in [1.807, 2.05) is 5.38 Å². The number of nitrogens with one attached hydrogen (secondary N) is 1. The van der Waals surface area contributed by atoms with E-state index in [9.17, 15) is 18.0 Å². The normalized spacial score (nSPS) is 12.6. The van der Waals surface area contributed by atoms with E-state index >= 15 is 0 Å². The molecule has 128 valence electrons. The van der Waals surface area contributed by atoms with Crippen molar-refractivity contribution in [1.29, 1.82) is 0 Å². The van der Waals surface area contributed by atoms with Crippen LogP contribution >= 0.6 is 11.3 Å².